The highest BCUT2D eigenvalue weighted by molar-refractivity contribution is 4.43. The van der Waals surface area contributed by atoms with E-state index in [1.54, 1.807) is 0 Å². The Labute approximate surface area is 100 Å². The Bertz CT molecular complexity index is 94.1. The van der Waals surface area contributed by atoms with E-state index in [9.17, 15) is 0 Å². The standard InChI is InChI=1S/C12H28N.FH.2H2O/c1-5-9-13(10-6-2,11-7-3)12-8-4;;;/h5-12H2,1-4H3;1H;2*1H2/q+1;;;/p-1. The predicted octanol–water partition coefficient (Wildman–Crippen LogP) is -1.20. The number of quaternary nitrogens is 1. The second-order valence-electron chi connectivity index (χ2n) is 4.24. The Morgan fingerprint density at radius 2 is 0.750 bits per heavy atom. The lowest BCUT2D eigenvalue weighted by Crippen LogP contribution is -3.00. The fourth-order valence-corrected chi connectivity index (χ4v) is 2.57. The molecule has 0 atom stereocenters. The molecule has 0 aliphatic heterocycles. The number of halogens is 1. The van der Waals surface area contributed by atoms with Crippen LogP contribution in [-0.2, 0) is 0 Å². The molecular weight excluding hydrogens is 209 g/mol. The van der Waals surface area contributed by atoms with Crippen LogP contribution >= 0.6 is 0 Å². The van der Waals surface area contributed by atoms with E-state index in [1.165, 1.54) is 56.3 Å². The van der Waals surface area contributed by atoms with Crippen molar-refractivity contribution < 1.29 is 20.1 Å². The van der Waals surface area contributed by atoms with Crippen molar-refractivity contribution in [1.82, 2.24) is 0 Å². The van der Waals surface area contributed by atoms with Gasteiger partial charge in [-0.1, -0.05) is 27.7 Å². The van der Waals surface area contributed by atoms with Crippen molar-refractivity contribution in [3.05, 3.63) is 0 Å². The maximum atomic E-state index is 2.31. The van der Waals surface area contributed by atoms with Crippen molar-refractivity contribution in [2.45, 2.75) is 53.4 Å². The second kappa shape index (κ2) is 14.8. The second-order valence-corrected chi connectivity index (χ2v) is 4.24. The predicted molar refractivity (Wildman–Crippen MR) is 68.1 cm³/mol. The largest absolute Gasteiger partial charge is 1.00 e. The van der Waals surface area contributed by atoms with Gasteiger partial charge < -0.3 is 20.1 Å². The van der Waals surface area contributed by atoms with Crippen LogP contribution in [0.1, 0.15) is 53.4 Å². The summed E-state index contributed by atoms with van der Waals surface area (Å²) in [6.07, 6.45) is 5.33. The molecule has 0 saturated heterocycles. The molecule has 0 bridgehead atoms. The Morgan fingerprint density at radius 3 is 0.875 bits per heavy atom. The lowest BCUT2D eigenvalue weighted by Gasteiger charge is -2.38. The summed E-state index contributed by atoms with van der Waals surface area (Å²) in [4.78, 5) is 0. The molecule has 0 aromatic rings. The molecule has 0 spiro atoms. The molecule has 0 saturated carbocycles. The van der Waals surface area contributed by atoms with E-state index in [-0.39, 0.29) is 15.7 Å². The molecule has 104 valence electrons. The van der Waals surface area contributed by atoms with Crippen LogP contribution in [0.4, 0.5) is 0 Å². The highest BCUT2D eigenvalue weighted by Gasteiger charge is 2.22. The zero-order valence-corrected chi connectivity index (χ0v) is 11.5. The van der Waals surface area contributed by atoms with Crippen LogP contribution < -0.4 is 4.70 Å². The van der Waals surface area contributed by atoms with Crippen molar-refractivity contribution in [2.75, 3.05) is 26.2 Å². The summed E-state index contributed by atoms with van der Waals surface area (Å²) in [6, 6.07) is 0. The SMILES string of the molecule is CCC[N+](CCC)(CCC)CCC.O.O.[F-]. The van der Waals surface area contributed by atoms with Crippen LogP contribution in [0.15, 0.2) is 0 Å². The Hall–Kier alpha value is -0.190. The van der Waals surface area contributed by atoms with Gasteiger partial charge in [-0.05, 0) is 25.7 Å². The van der Waals surface area contributed by atoms with E-state index < -0.39 is 0 Å². The first-order chi connectivity index (χ1) is 6.24. The average molecular weight is 241 g/mol. The van der Waals surface area contributed by atoms with Crippen molar-refractivity contribution in [3.8, 4) is 0 Å². The van der Waals surface area contributed by atoms with Gasteiger partial charge in [0, 0.05) is 0 Å². The zero-order valence-electron chi connectivity index (χ0n) is 11.5. The van der Waals surface area contributed by atoms with E-state index in [4.69, 9.17) is 0 Å². The van der Waals surface area contributed by atoms with Gasteiger partial charge in [0.1, 0.15) is 0 Å². The lowest BCUT2D eigenvalue weighted by molar-refractivity contribution is -0.928. The molecule has 16 heavy (non-hydrogen) atoms. The molecule has 4 heteroatoms. The smallest absolute Gasteiger partial charge is 0.0783 e. The van der Waals surface area contributed by atoms with E-state index in [0.717, 1.165) is 0 Å². The zero-order chi connectivity index (χ0) is 10.2. The molecule has 0 aromatic heterocycles. The third kappa shape index (κ3) is 9.07. The first-order valence-corrected chi connectivity index (χ1v) is 6.09. The fourth-order valence-electron chi connectivity index (χ4n) is 2.57. The Morgan fingerprint density at radius 1 is 0.562 bits per heavy atom. The number of rotatable bonds is 8. The molecule has 3 nitrogen and oxygen atoms in total. The minimum Gasteiger partial charge on any atom is -1.00 e. The third-order valence-electron chi connectivity index (χ3n) is 2.79. The number of hydrogen-bond acceptors (Lipinski definition) is 0. The molecule has 0 radical (unpaired) electrons. The number of nitrogens with zero attached hydrogens (tertiary/aromatic N) is 1. The van der Waals surface area contributed by atoms with Crippen molar-refractivity contribution >= 4 is 0 Å². The lowest BCUT2D eigenvalue weighted by atomic mass is 10.2. The quantitative estimate of drug-likeness (QED) is 0.479. The average Bonchev–Trinajstić information content (AvgIpc) is 2.06. The van der Waals surface area contributed by atoms with Crippen LogP contribution in [0.3, 0.4) is 0 Å². The molecule has 0 aliphatic rings. The fraction of sp³-hybridized carbons (Fsp3) is 1.00. The van der Waals surface area contributed by atoms with E-state index in [0.29, 0.717) is 0 Å². The van der Waals surface area contributed by atoms with Crippen LogP contribution in [0.2, 0.25) is 0 Å². The van der Waals surface area contributed by atoms with Gasteiger partial charge in [0.05, 0.1) is 26.2 Å². The van der Waals surface area contributed by atoms with Crippen molar-refractivity contribution in [3.63, 3.8) is 0 Å². The maximum Gasteiger partial charge on any atom is 0.0783 e. The highest BCUT2D eigenvalue weighted by Crippen LogP contribution is 2.12. The highest BCUT2D eigenvalue weighted by atomic mass is 19.0. The van der Waals surface area contributed by atoms with Gasteiger partial charge >= 0.3 is 0 Å². The van der Waals surface area contributed by atoms with E-state index >= 15 is 0 Å². The molecule has 0 aromatic carbocycles. The van der Waals surface area contributed by atoms with Gasteiger partial charge in [-0.15, -0.1) is 0 Å². The van der Waals surface area contributed by atoms with E-state index in [2.05, 4.69) is 27.7 Å². The third-order valence-corrected chi connectivity index (χ3v) is 2.79. The minimum absolute atomic E-state index is 0. The summed E-state index contributed by atoms with van der Waals surface area (Å²) in [5.74, 6) is 0. The van der Waals surface area contributed by atoms with Crippen LogP contribution in [0, 0.1) is 0 Å². The Balaban J connectivity index is -0.000000240. The monoisotopic (exact) mass is 241 g/mol. The topological polar surface area (TPSA) is 63.0 Å². The summed E-state index contributed by atoms with van der Waals surface area (Å²) in [5, 5.41) is 0. The maximum absolute atomic E-state index is 2.31. The van der Waals surface area contributed by atoms with Gasteiger partial charge in [0.25, 0.3) is 0 Å². The summed E-state index contributed by atoms with van der Waals surface area (Å²) in [7, 11) is 0. The van der Waals surface area contributed by atoms with Gasteiger partial charge in [0.2, 0.25) is 0 Å². The van der Waals surface area contributed by atoms with Crippen LogP contribution in [0.5, 0.6) is 0 Å². The van der Waals surface area contributed by atoms with Gasteiger partial charge in [-0.3, -0.25) is 0 Å². The first kappa shape index (κ1) is 24.9. The molecule has 4 N–H and O–H groups in total. The van der Waals surface area contributed by atoms with E-state index in [1.807, 2.05) is 0 Å². The summed E-state index contributed by atoms with van der Waals surface area (Å²) in [5.41, 5.74) is 0. The first-order valence-electron chi connectivity index (χ1n) is 6.09. The minimum atomic E-state index is 0. The molecule has 0 unspecified atom stereocenters. The summed E-state index contributed by atoms with van der Waals surface area (Å²) in [6.45, 7) is 14.8. The molecule has 0 amide bonds. The normalized spacial score (nSPS) is 9.75. The number of hydrogen-bond donors (Lipinski definition) is 0. The Kier molecular flexibility index (Phi) is 23.0. The van der Waals surface area contributed by atoms with Crippen LogP contribution in [-0.4, -0.2) is 41.6 Å². The van der Waals surface area contributed by atoms with Crippen molar-refractivity contribution in [1.29, 1.82) is 0 Å². The summed E-state index contributed by atoms with van der Waals surface area (Å²) < 4.78 is 1.38. The van der Waals surface area contributed by atoms with Crippen molar-refractivity contribution in [2.24, 2.45) is 0 Å². The molecule has 0 fully saturated rings. The molecule has 0 rings (SSSR count). The van der Waals surface area contributed by atoms with Gasteiger partial charge in [0.15, 0.2) is 0 Å². The van der Waals surface area contributed by atoms with Gasteiger partial charge in [-0.2, -0.15) is 0 Å². The molecule has 0 heterocycles. The van der Waals surface area contributed by atoms with Gasteiger partial charge in [-0.25, -0.2) is 0 Å². The summed E-state index contributed by atoms with van der Waals surface area (Å²) >= 11 is 0. The molecular formula is C12H32FNO2. The van der Waals surface area contributed by atoms with Crippen LogP contribution in [0.25, 0.3) is 0 Å². The molecule has 0 aliphatic carbocycles.